The van der Waals surface area contributed by atoms with Crippen LogP contribution in [0.4, 0.5) is 4.39 Å². The topological polar surface area (TPSA) is 53.3 Å². The van der Waals surface area contributed by atoms with E-state index in [1.165, 1.54) is 17.2 Å². The number of benzene rings is 1. The molecule has 4 nitrogen and oxygen atoms in total. The Balaban J connectivity index is 2.25. The number of nitriles is 1. The summed E-state index contributed by atoms with van der Waals surface area (Å²) in [4.78, 5) is 17.6. The molecule has 100 valence electrons. The highest BCUT2D eigenvalue weighted by Gasteiger charge is 2.40. The van der Waals surface area contributed by atoms with Crippen LogP contribution in [0.25, 0.3) is 0 Å². The van der Waals surface area contributed by atoms with Gasteiger partial charge >= 0.3 is 0 Å². The first kappa shape index (κ1) is 13.5. The van der Waals surface area contributed by atoms with E-state index in [9.17, 15) is 9.18 Å². The van der Waals surface area contributed by atoms with Gasteiger partial charge in [-0.25, -0.2) is 9.45 Å². The van der Waals surface area contributed by atoms with Crippen molar-refractivity contribution in [3.8, 4) is 6.07 Å². The van der Waals surface area contributed by atoms with Crippen LogP contribution in [0.15, 0.2) is 24.3 Å². The fraction of sp³-hybridized carbons (Fsp3) is 0.429. The molecular formula is C14H15FN2O2. The summed E-state index contributed by atoms with van der Waals surface area (Å²) in [6.45, 7) is 3.52. The summed E-state index contributed by atoms with van der Waals surface area (Å²) in [6.07, 6.45) is 0.638. The Kier molecular flexibility index (Phi) is 3.54. The number of halogens is 1. The van der Waals surface area contributed by atoms with E-state index in [1.807, 2.05) is 6.07 Å². The molecule has 0 saturated carbocycles. The number of carbonyl (C=O) groups excluding carboxylic acids is 1. The van der Waals surface area contributed by atoms with Crippen LogP contribution in [0.1, 0.15) is 31.9 Å². The van der Waals surface area contributed by atoms with Crippen LogP contribution in [0.2, 0.25) is 0 Å². The first-order valence-electron chi connectivity index (χ1n) is 6.09. The van der Waals surface area contributed by atoms with Gasteiger partial charge in [0.2, 0.25) is 0 Å². The predicted molar refractivity (Wildman–Crippen MR) is 66.0 cm³/mol. The van der Waals surface area contributed by atoms with E-state index in [-0.39, 0.29) is 17.8 Å². The number of carbonyl (C=O) groups is 1. The number of nitrogens with zero attached hydrogens (tertiary/aromatic N) is 2. The molecule has 0 N–H and O–H groups in total. The third kappa shape index (κ3) is 2.59. The minimum atomic E-state index is -1.14. The zero-order chi connectivity index (χ0) is 14.0. The van der Waals surface area contributed by atoms with E-state index in [2.05, 4.69) is 0 Å². The standard InChI is InChI=1S/C14H15FN2O2/c1-14(2,9-16)13(18)17-12(7-8-19-17)10-3-5-11(15)6-4-10/h3-6,12H,7-8H2,1-2H3/t12-/m0/s1. The molecule has 0 spiro atoms. The Morgan fingerprint density at radius 2 is 2.11 bits per heavy atom. The SMILES string of the molecule is CC(C)(C#N)C(=O)N1OCC[C@H]1c1ccc(F)cc1. The lowest BCUT2D eigenvalue weighted by Crippen LogP contribution is -2.39. The smallest absolute Gasteiger partial charge is 0.266 e. The molecule has 1 saturated heterocycles. The number of hydrogen-bond acceptors (Lipinski definition) is 3. The molecule has 1 fully saturated rings. The second-order valence-electron chi connectivity index (χ2n) is 5.06. The van der Waals surface area contributed by atoms with Gasteiger partial charge in [0.15, 0.2) is 0 Å². The van der Waals surface area contributed by atoms with Gasteiger partial charge in [0, 0.05) is 6.42 Å². The van der Waals surface area contributed by atoms with Crippen molar-refractivity contribution in [1.82, 2.24) is 5.06 Å². The molecule has 1 aliphatic heterocycles. The second-order valence-corrected chi connectivity index (χ2v) is 5.06. The van der Waals surface area contributed by atoms with Crippen molar-refractivity contribution in [3.05, 3.63) is 35.6 Å². The fourth-order valence-corrected chi connectivity index (χ4v) is 1.98. The van der Waals surface area contributed by atoms with Crippen molar-refractivity contribution in [2.45, 2.75) is 26.3 Å². The Bertz CT molecular complexity index is 519. The molecule has 2 rings (SSSR count). The van der Waals surface area contributed by atoms with Crippen molar-refractivity contribution in [2.24, 2.45) is 5.41 Å². The molecule has 19 heavy (non-hydrogen) atoms. The molecule has 0 unspecified atom stereocenters. The molecule has 1 aromatic carbocycles. The Morgan fingerprint density at radius 1 is 1.47 bits per heavy atom. The van der Waals surface area contributed by atoms with E-state index < -0.39 is 5.41 Å². The fourth-order valence-electron chi connectivity index (χ4n) is 1.98. The minimum absolute atomic E-state index is 0.263. The Morgan fingerprint density at radius 3 is 2.68 bits per heavy atom. The lowest BCUT2D eigenvalue weighted by Gasteiger charge is -2.27. The molecule has 1 atom stereocenters. The summed E-state index contributed by atoms with van der Waals surface area (Å²) in [7, 11) is 0. The highest BCUT2D eigenvalue weighted by Crippen LogP contribution is 2.33. The maximum Gasteiger partial charge on any atom is 0.266 e. The van der Waals surface area contributed by atoms with E-state index in [0.29, 0.717) is 13.0 Å². The second kappa shape index (κ2) is 4.98. The normalized spacial score (nSPS) is 19.3. The zero-order valence-electron chi connectivity index (χ0n) is 10.9. The van der Waals surface area contributed by atoms with Gasteiger partial charge in [-0.05, 0) is 31.5 Å². The average molecular weight is 262 g/mol. The average Bonchev–Trinajstić information content (AvgIpc) is 2.87. The molecule has 0 radical (unpaired) electrons. The minimum Gasteiger partial charge on any atom is -0.271 e. The van der Waals surface area contributed by atoms with Crippen molar-refractivity contribution >= 4 is 5.91 Å². The molecule has 1 aliphatic rings. The number of amides is 1. The number of rotatable bonds is 2. The Hall–Kier alpha value is -1.93. The molecular weight excluding hydrogens is 247 g/mol. The highest BCUT2D eigenvalue weighted by atomic mass is 19.1. The van der Waals surface area contributed by atoms with Crippen LogP contribution in [-0.4, -0.2) is 17.6 Å². The van der Waals surface area contributed by atoms with Crippen molar-refractivity contribution in [2.75, 3.05) is 6.61 Å². The van der Waals surface area contributed by atoms with Gasteiger partial charge in [-0.1, -0.05) is 12.1 Å². The van der Waals surface area contributed by atoms with Crippen LogP contribution in [-0.2, 0) is 9.63 Å². The quantitative estimate of drug-likeness (QED) is 0.823. The molecule has 1 amide bonds. The predicted octanol–water partition coefficient (Wildman–Crippen LogP) is 2.58. The molecule has 5 heteroatoms. The number of hydroxylamine groups is 2. The monoisotopic (exact) mass is 262 g/mol. The van der Waals surface area contributed by atoms with Crippen molar-refractivity contribution in [1.29, 1.82) is 5.26 Å². The van der Waals surface area contributed by atoms with E-state index in [4.69, 9.17) is 10.1 Å². The van der Waals surface area contributed by atoms with Crippen LogP contribution >= 0.6 is 0 Å². The number of hydrogen-bond donors (Lipinski definition) is 0. The van der Waals surface area contributed by atoms with Crippen LogP contribution in [0, 0.1) is 22.6 Å². The van der Waals surface area contributed by atoms with Crippen molar-refractivity contribution < 1.29 is 14.0 Å². The van der Waals surface area contributed by atoms with E-state index in [1.54, 1.807) is 26.0 Å². The Labute approximate surface area is 111 Å². The summed E-state index contributed by atoms with van der Waals surface area (Å²) in [5, 5.41) is 10.3. The van der Waals surface area contributed by atoms with Crippen LogP contribution in [0.3, 0.4) is 0 Å². The summed E-state index contributed by atoms with van der Waals surface area (Å²) < 4.78 is 12.9. The zero-order valence-corrected chi connectivity index (χ0v) is 10.9. The molecule has 0 aliphatic carbocycles. The molecule has 1 aromatic rings. The lowest BCUT2D eigenvalue weighted by molar-refractivity contribution is -0.184. The lowest BCUT2D eigenvalue weighted by atomic mass is 9.93. The van der Waals surface area contributed by atoms with Crippen LogP contribution in [0.5, 0.6) is 0 Å². The van der Waals surface area contributed by atoms with Gasteiger partial charge < -0.3 is 0 Å². The molecule has 1 heterocycles. The third-order valence-corrected chi connectivity index (χ3v) is 3.17. The van der Waals surface area contributed by atoms with Gasteiger partial charge in [0.05, 0.1) is 18.7 Å². The first-order chi connectivity index (χ1) is 8.95. The summed E-state index contributed by atoms with van der Waals surface area (Å²) >= 11 is 0. The largest absolute Gasteiger partial charge is 0.271 e. The maximum atomic E-state index is 12.9. The van der Waals surface area contributed by atoms with Crippen LogP contribution < -0.4 is 0 Å². The van der Waals surface area contributed by atoms with Gasteiger partial charge in [0.1, 0.15) is 11.2 Å². The van der Waals surface area contributed by atoms with E-state index >= 15 is 0 Å². The van der Waals surface area contributed by atoms with Gasteiger partial charge in [-0.3, -0.25) is 9.63 Å². The van der Waals surface area contributed by atoms with Gasteiger partial charge in [0.25, 0.3) is 5.91 Å². The van der Waals surface area contributed by atoms with Gasteiger partial charge in [-0.15, -0.1) is 0 Å². The maximum absolute atomic E-state index is 12.9. The summed E-state index contributed by atoms with van der Waals surface area (Å²) in [5.74, 6) is -0.695. The molecule has 0 aromatic heterocycles. The first-order valence-corrected chi connectivity index (χ1v) is 6.09. The molecule has 0 bridgehead atoms. The third-order valence-electron chi connectivity index (χ3n) is 3.17. The van der Waals surface area contributed by atoms with Gasteiger partial charge in [-0.2, -0.15) is 5.26 Å². The summed E-state index contributed by atoms with van der Waals surface area (Å²) in [5.41, 5.74) is -0.330. The van der Waals surface area contributed by atoms with E-state index in [0.717, 1.165) is 5.56 Å². The highest BCUT2D eigenvalue weighted by molar-refractivity contribution is 5.84. The summed E-state index contributed by atoms with van der Waals surface area (Å²) in [6, 6.07) is 7.68. The van der Waals surface area contributed by atoms with Crippen molar-refractivity contribution in [3.63, 3.8) is 0 Å².